The van der Waals surface area contributed by atoms with E-state index in [9.17, 15) is 30.0 Å². The number of aromatic nitrogens is 1. The molecule has 2 aromatic rings. The average molecular weight is 429 g/mol. The Bertz CT molecular complexity index is 1020. The number of esters is 1. The van der Waals surface area contributed by atoms with Gasteiger partial charge in [0.25, 0.3) is 0 Å². The summed E-state index contributed by atoms with van der Waals surface area (Å²) in [6.45, 7) is 0.0783. The molecular formula is C22H23NO8. The molecule has 9 nitrogen and oxygen atoms in total. The van der Waals surface area contributed by atoms with Crippen molar-refractivity contribution in [2.45, 2.75) is 49.1 Å². The zero-order valence-electron chi connectivity index (χ0n) is 16.5. The Kier molecular flexibility index (Phi) is 4.76. The van der Waals surface area contributed by atoms with Crippen LogP contribution in [0.3, 0.4) is 0 Å². The molecule has 0 spiro atoms. The van der Waals surface area contributed by atoms with Crippen LogP contribution in [0.4, 0.5) is 0 Å². The number of aliphatic hydroxyl groups excluding tert-OH is 4. The van der Waals surface area contributed by atoms with Gasteiger partial charge in [-0.05, 0) is 18.6 Å². The molecule has 1 saturated carbocycles. The fraction of sp³-hybridized carbons (Fsp3) is 0.455. The third kappa shape index (κ3) is 2.89. The molecule has 0 bridgehead atoms. The van der Waals surface area contributed by atoms with E-state index < -0.39 is 54.6 Å². The number of hydrogen-bond acceptors (Lipinski definition) is 8. The maximum atomic E-state index is 12.8. The van der Waals surface area contributed by atoms with Crippen LogP contribution >= 0.6 is 0 Å². The Morgan fingerprint density at radius 1 is 1.06 bits per heavy atom. The fourth-order valence-corrected chi connectivity index (χ4v) is 5.08. The third-order valence-electron chi connectivity index (χ3n) is 6.76. The van der Waals surface area contributed by atoms with E-state index in [1.807, 2.05) is 10.6 Å². The van der Waals surface area contributed by atoms with Crippen LogP contribution in [0.25, 0.3) is 0 Å². The summed E-state index contributed by atoms with van der Waals surface area (Å²) in [6, 6.07) is 12.3. The van der Waals surface area contributed by atoms with E-state index in [4.69, 9.17) is 9.47 Å². The molecular weight excluding hydrogens is 406 g/mol. The van der Waals surface area contributed by atoms with Crippen molar-refractivity contribution in [1.29, 1.82) is 0 Å². The van der Waals surface area contributed by atoms with Crippen LogP contribution in [0.15, 0.2) is 42.5 Å². The maximum Gasteiger partial charge on any atom is 0.315 e. The smallest absolute Gasteiger partial charge is 0.315 e. The second-order valence-electron chi connectivity index (χ2n) is 8.35. The van der Waals surface area contributed by atoms with Gasteiger partial charge in [0.15, 0.2) is 6.29 Å². The first-order valence-corrected chi connectivity index (χ1v) is 10.2. The Hall–Kier alpha value is -2.56. The number of fused-ring (bicyclic) bond motifs is 2. The Morgan fingerprint density at radius 2 is 1.81 bits per heavy atom. The van der Waals surface area contributed by atoms with Crippen molar-refractivity contribution in [3.05, 3.63) is 59.4 Å². The van der Waals surface area contributed by atoms with E-state index in [1.54, 1.807) is 36.4 Å². The molecule has 1 aromatic heterocycles. The van der Waals surface area contributed by atoms with Gasteiger partial charge in [0.1, 0.15) is 24.4 Å². The van der Waals surface area contributed by atoms with Crippen LogP contribution in [-0.2, 0) is 20.8 Å². The molecule has 31 heavy (non-hydrogen) atoms. The lowest BCUT2D eigenvalue weighted by Gasteiger charge is -2.51. The number of ketones is 1. The van der Waals surface area contributed by atoms with Crippen molar-refractivity contribution in [2.24, 2.45) is 5.92 Å². The summed E-state index contributed by atoms with van der Waals surface area (Å²) in [4.78, 5) is 25.6. The highest BCUT2D eigenvalue weighted by Gasteiger charge is 2.72. The summed E-state index contributed by atoms with van der Waals surface area (Å²) in [5, 5.41) is 39.8. The van der Waals surface area contributed by atoms with Crippen molar-refractivity contribution in [3.8, 4) is 0 Å². The van der Waals surface area contributed by atoms with E-state index in [1.165, 1.54) is 0 Å². The molecule has 2 fully saturated rings. The highest BCUT2D eigenvalue weighted by molar-refractivity contribution is 6.08. The second kappa shape index (κ2) is 7.25. The van der Waals surface area contributed by atoms with E-state index in [0.717, 1.165) is 0 Å². The minimum absolute atomic E-state index is 0.128. The van der Waals surface area contributed by atoms with Crippen molar-refractivity contribution >= 4 is 11.8 Å². The van der Waals surface area contributed by atoms with Gasteiger partial charge in [-0.1, -0.05) is 30.3 Å². The van der Waals surface area contributed by atoms with Crippen molar-refractivity contribution < 1.29 is 39.5 Å². The number of hydrogen-bond donors (Lipinski definition) is 4. The SMILES string of the molecule is O=C(c1ccccc1)c1ccc2n1CC[C@@H]2C(=O)OCC12O[C@H](O)[C@@H](O)C1[C@@H](O)[C@H]2O. The zero-order valence-corrected chi connectivity index (χ0v) is 16.5. The molecule has 1 aliphatic carbocycles. The van der Waals surface area contributed by atoms with Crippen LogP contribution in [-0.4, -0.2) is 73.6 Å². The summed E-state index contributed by atoms with van der Waals surface area (Å²) < 4.78 is 12.5. The number of carbonyl (C=O) groups excluding carboxylic acids is 2. The average Bonchev–Trinajstić information content (AvgIpc) is 3.44. The van der Waals surface area contributed by atoms with Crippen LogP contribution in [0.5, 0.6) is 0 Å². The standard InChI is InChI=1S/C22H23NO8/c24-16(11-4-2-1-3-5-11)14-7-6-13-12(8-9-23(13)14)20(28)30-10-22-15(17(25)19(22)27)18(26)21(29)31-22/h1-7,12,15,17-19,21,25-27,29H,8-10H2/t12-,15?,17+,18-,19+,21-,22?/m0/s1. The summed E-state index contributed by atoms with van der Waals surface area (Å²) >= 11 is 0. The number of ether oxygens (including phenoxy) is 2. The summed E-state index contributed by atoms with van der Waals surface area (Å²) in [5.41, 5.74) is 0.189. The molecule has 1 aromatic carbocycles. The Morgan fingerprint density at radius 3 is 2.55 bits per heavy atom. The molecule has 5 rings (SSSR count). The first-order chi connectivity index (χ1) is 14.8. The molecule has 7 atom stereocenters. The van der Waals surface area contributed by atoms with E-state index in [0.29, 0.717) is 29.9 Å². The van der Waals surface area contributed by atoms with Crippen LogP contribution in [0, 0.1) is 5.92 Å². The topological polar surface area (TPSA) is 138 Å². The first kappa shape index (κ1) is 20.3. The predicted octanol–water partition coefficient (Wildman–Crippen LogP) is -0.451. The Balaban J connectivity index is 1.30. The van der Waals surface area contributed by atoms with Gasteiger partial charge in [-0.3, -0.25) is 9.59 Å². The van der Waals surface area contributed by atoms with Gasteiger partial charge >= 0.3 is 5.97 Å². The molecule has 1 saturated heterocycles. The van der Waals surface area contributed by atoms with Crippen molar-refractivity contribution in [3.63, 3.8) is 0 Å². The number of benzene rings is 1. The number of nitrogens with zero attached hydrogens (tertiary/aromatic N) is 1. The number of aliphatic hydroxyl groups is 4. The van der Waals surface area contributed by atoms with Gasteiger partial charge in [0, 0.05) is 17.8 Å². The molecule has 3 aliphatic rings. The van der Waals surface area contributed by atoms with Crippen molar-refractivity contribution in [2.75, 3.05) is 6.61 Å². The van der Waals surface area contributed by atoms with Crippen molar-refractivity contribution in [1.82, 2.24) is 4.57 Å². The minimum atomic E-state index is -1.58. The maximum absolute atomic E-state index is 12.8. The third-order valence-corrected chi connectivity index (χ3v) is 6.76. The largest absolute Gasteiger partial charge is 0.462 e. The quantitative estimate of drug-likeness (QED) is 0.370. The number of rotatable bonds is 5. The van der Waals surface area contributed by atoms with Crippen LogP contribution < -0.4 is 0 Å². The summed E-state index contributed by atoms with van der Waals surface area (Å²) in [5.74, 6) is -2.23. The fourth-order valence-electron chi connectivity index (χ4n) is 5.08. The molecule has 0 amide bonds. The van der Waals surface area contributed by atoms with Gasteiger partial charge in [-0.15, -0.1) is 0 Å². The van der Waals surface area contributed by atoms with Crippen LogP contribution in [0.2, 0.25) is 0 Å². The zero-order chi connectivity index (χ0) is 21.9. The lowest BCUT2D eigenvalue weighted by atomic mass is 9.64. The minimum Gasteiger partial charge on any atom is -0.462 e. The highest BCUT2D eigenvalue weighted by atomic mass is 16.7. The molecule has 3 heterocycles. The molecule has 2 unspecified atom stereocenters. The Labute approximate surface area is 177 Å². The molecule has 9 heteroatoms. The molecule has 164 valence electrons. The lowest BCUT2D eigenvalue weighted by molar-refractivity contribution is -0.281. The summed E-state index contributed by atoms with van der Waals surface area (Å²) in [6.07, 6.45) is -5.17. The van der Waals surface area contributed by atoms with Gasteiger partial charge in [-0.25, -0.2) is 0 Å². The molecule has 2 aliphatic heterocycles. The van der Waals surface area contributed by atoms with E-state index in [-0.39, 0.29) is 5.78 Å². The van der Waals surface area contributed by atoms with Gasteiger partial charge in [0.05, 0.1) is 23.6 Å². The summed E-state index contributed by atoms with van der Waals surface area (Å²) in [7, 11) is 0. The predicted molar refractivity (Wildman–Crippen MR) is 104 cm³/mol. The molecule has 4 N–H and O–H groups in total. The van der Waals surface area contributed by atoms with E-state index >= 15 is 0 Å². The van der Waals surface area contributed by atoms with Crippen LogP contribution in [0.1, 0.15) is 34.1 Å². The van der Waals surface area contributed by atoms with E-state index in [2.05, 4.69) is 0 Å². The van der Waals surface area contributed by atoms with Gasteiger partial charge in [0.2, 0.25) is 5.78 Å². The first-order valence-electron chi connectivity index (χ1n) is 10.2. The second-order valence-corrected chi connectivity index (χ2v) is 8.35. The monoisotopic (exact) mass is 429 g/mol. The lowest BCUT2D eigenvalue weighted by Crippen LogP contribution is -2.72. The number of carbonyl (C=O) groups is 2. The highest BCUT2D eigenvalue weighted by Crippen LogP contribution is 2.51. The van der Waals surface area contributed by atoms with Gasteiger partial charge < -0.3 is 34.5 Å². The normalized spacial score (nSPS) is 35.9. The molecule has 0 radical (unpaired) electrons. The van der Waals surface area contributed by atoms with Gasteiger partial charge in [-0.2, -0.15) is 0 Å².